The smallest absolute Gasteiger partial charge is 0.408 e. The molecule has 2 N–H and O–H groups in total. The SMILES string of the molecule is O=C(O)C1=C(/C=C2\CCN(c3cccnc3)C2=O)C[C@@H]2CN(C(=O)O)[C@@H]3C(=O)N1[C@H]23. The summed E-state index contributed by atoms with van der Waals surface area (Å²) in [5, 5.41) is 19.1. The van der Waals surface area contributed by atoms with E-state index >= 15 is 0 Å². The fourth-order valence-corrected chi connectivity index (χ4v) is 5.02. The average Bonchev–Trinajstić information content (AvgIpc) is 3.27. The Bertz CT molecular complexity index is 1050. The lowest BCUT2D eigenvalue weighted by Gasteiger charge is -2.49. The monoisotopic (exact) mass is 410 g/mol. The first-order valence-electron chi connectivity index (χ1n) is 9.60. The van der Waals surface area contributed by atoms with E-state index in [-0.39, 0.29) is 24.1 Å². The number of anilines is 1. The highest BCUT2D eigenvalue weighted by Crippen LogP contribution is 2.47. The molecule has 0 saturated carbocycles. The molecule has 5 rings (SSSR count). The van der Waals surface area contributed by atoms with Gasteiger partial charge >= 0.3 is 12.1 Å². The maximum atomic E-state index is 12.9. The van der Waals surface area contributed by atoms with Gasteiger partial charge in [0.2, 0.25) is 0 Å². The van der Waals surface area contributed by atoms with Crippen LogP contribution in [0.2, 0.25) is 0 Å². The number of hydrogen-bond donors (Lipinski definition) is 2. The first-order valence-corrected chi connectivity index (χ1v) is 9.60. The van der Waals surface area contributed by atoms with Gasteiger partial charge in [0.15, 0.2) is 0 Å². The normalized spacial score (nSPS) is 28.9. The van der Waals surface area contributed by atoms with Crippen LogP contribution in [-0.2, 0) is 14.4 Å². The summed E-state index contributed by atoms with van der Waals surface area (Å²) in [5.41, 5.74) is 1.36. The number of hydrogen-bond acceptors (Lipinski definition) is 5. The van der Waals surface area contributed by atoms with E-state index in [0.717, 1.165) is 4.90 Å². The Morgan fingerprint density at radius 1 is 1.23 bits per heavy atom. The van der Waals surface area contributed by atoms with E-state index in [2.05, 4.69) is 4.98 Å². The third-order valence-corrected chi connectivity index (χ3v) is 6.27. The summed E-state index contributed by atoms with van der Waals surface area (Å²) in [6.45, 7) is 0.623. The quantitative estimate of drug-likeness (QED) is 0.553. The van der Waals surface area contributed by atoms with Gasteiger partial charge in [-0.25, -0.2) is 9.59 Å². The largest absolute Gasteiger partial charge is 0.477 e. The molecular weight excluding hydrogens is 392 g/mol. The van der Waals surface area contributed by atoms with Crippen molar-refractivity contribution in [3.05, 3.63) is 47.4 Å². The first kappa shape index (κ1) is 18.3. The number of amides is 3. The first-order chi connectivity index (χ1) is 14.4. The zero-order chi connectivity index (χ0) is 21.2. The summed E-state index contributed by atoms with van der Waals surface area (Å²) in [7, 11) is 0. The number of pyridine rings is 1. The van der Waals surface area contributed by atoms with E-state index < -0.39 is 30.1 Å². The third-order valence-electron chi connectivity index (χ3n) is 6.27. The Hall–Kier alpha value is -3.69. The zero-order valence-electron chi connectivity index (χ0n) is 15.8. The number of nitrogens with zero attached hydrogens (tertiary/aromatic N) is 4. The lowest BCUT2D eigenvalue weighted by Crippen LogP contribution is -2.69. The van der Waals surface area contributed by atoms with Gasteiger partial charge < -0.3 is 15.1 Å². The molecule has 4 aliphatic heterocycles. The summed E-state index contributed by atoms with van der Waals surface area (Å²) in [4.78, 5) is 56.8. The van der Waals surface area contributed by atoms with Crippen molar-refractivity contribution in [2.75, 3.05) is 18.0 Å². The van der Waals surface area contributed by atoms with Gasteiger partial charge in [-0.05, 0) is 36.6 Å². The van der Waals surface area contributed by atoms with E-state index in [4.69, 9.17) is 0 Å². The average molecular weight is 410 g/mol. The molecule has 0 spiro atoms. The van der Waals surface area contributed by atoms with E-state index in [9.17, 15) is 29.4 Å². The van der Waals surface area contributed by atoms with Crippen LogP contribution in [0.4, 0.5) is 10.5 Å². The number of carbonyl (C=O) groups is 4. The number of carbonyl (C=O) groups excluding carboxylic acids is 2. The number of β-lactam (4-membered cyclic amide) rings is 1. The second-order valence-corrected chi connectivity index (χ2v) is 7.81. The van der Waals surface area contributed by atoms with Crippen molar-refractivity contribution in [1.29, 1.82) is 0 Å². The minimum absolute atomic E-state index is 0.148. The Morgan fingerprint density at radius 2 is 2.03 bits per heavy atom. The summed E-state index contributed by atoms with van der Waals surface area (Å²) in [5.74, 6) is -2.19. The van der Waals surface area contributed by atoms with E-state index in [1.165, 1.54) is 4.90 Å². The molecule has 3 saturated heterocycles. The Kier molecular flexibility index (Phi) is 3.92. The molecule has 3 fully saturated rings. The third kappa shape index (κ3) is 2.46. The van der Waals surface area contributed by atoms with Gasteiger partial charge in [0.25, 0.3) is 11.8 Å². The van der Waals surface area contributed by atoms with Crippen LogP contribution < -0.4 is 4.90 Å². The molecule has 154 valence electrons. The minimum atomic E-state index is -1.25. The molecule has 1 aromatic rings. The maximum absolute atomic E-state index is 12.9. The molecule has 10 nitrogen and oxygen atoms in total. The topological polar surface area (TPSA) is 131 Å². The fourth-order valence-electron chi connectivity index (χ4n) is 5.02. The number of carboxylic acids is 1. The number of rotatable bonds is 3. The molecule has 3 amide bonds. The van der Waals surface area contributed by atoms with Gasteiger partial charge in [-0.1, -0.05) is 0 Å². The van der Waals surface area contributed by atoms with Crippen molar-refractivity contribution in [3.63, 3.8) is 0 Å². The molecule has 0 unspecified atom stereocenters. The molecule has 0 radical (unpaired) electrons. The molecule has 10 heteroatoms. The van der Waals surface area contributed by atoms with Crippen molar-refractivity contribution in [1.82, 2.24) is 14.8 Å². The van der Waals surface area contributed by atoms with Gasteiger partial charge in [-0.3, -0.25) is 24.4 Å². The van der Waals surface area contributed by atoms with Crippen molar-refractivity contribution < 1.29 is 29.4 Å². The summed E-state index contributed by atoms with van der Waals surface area (Å²) in [6, 6.07) is 2.24. The zero-order valence-corrected chi connectivity index (χ0v) is 15.8. The molecule has 5 heterocycles. The van der Waals surface area contributed by atoms with Crippen molar-refractivity contribution in [3.8, 4) is 0 Å². The van der Waals surface area contributed by atoms with Crippen LogP contribution in [0.5, 0.6) is 0 Å². The molecule has 3 atom stereocenters. The van der Waals surface area contributed by atoms with E-state index in [1.807, 2.05) is 0 Å². The van der Waals surface area contributed by atoms with Gasteiger partial charge in [-0.2, -0.15) is 0 Å². The van der Waals surface area contributed by atoms with Crippen LogP contribution in [0.25, 0.3) is 0 Å². The fraction of sp³-hybridized carbons (Fsp3) is 0.350. The summed E-state index contributed by atoms with van der Waals surface area (Å²) < 4.78 is 0. The highest BCUT2D eigenvalue weighted by atomic mass is 16.4. The number of carboxylic acid groups (broad SMARTS) is 2. The second kappa shape index (κ2) is 6.41. The predicted octanol–water partition coefficient (Wildman–Crippen LogP) is 0.676. The summed E-state index contributed by atoms with van der Waals surface area (Å²) >= 11 is 0. The van der Waals surface area contributed by atoms with E-state index in [1.54, 1.807) is 35.5 Å². The Balaban J connectivity index is 1.49. The van der Waals surface area contributed by atoms with Crippen LogP contribution in [0.3, 0.4) is 0 Å². The van der Waals surface area contributed by atoms with Gasteiger partial charge in [-0.15, -0.1) is 0 Å². The highest BCUT2D eigenvalue weighted by molar-refractivity contribution is 6.09. The molecule has 4 aliphatic rings. The van der Waals surface area contributed by atoms with Crippen molar-refractivity contribution in [2.45, 2.75) is 24.9 Å². The number of aliphatic carboxylic acids is 1. The Morgan fingerprint density at radius 3 is 2.70 bits per heavy atom. The standard InChI is InChI=1S/C20H18N4O6/c25-17-10(3-5-22(17)13-2-1-4-21-8-13)6-11-7-12-9-23(20(29)30)16-14(12)24(18(16)26)15(11)19(27)28/h1-2,4,6,8,12,14,16H,3,5,7,9H2,(H,27,28)(H,29,30)/b10-6+/t12-,14-,16+/m1/s1. The molecule has 0 aromatic carbocycles. The molecule has 0 bridgehead atoms. The van der Waals surface area contributed by atoms with Crippen LogP contribution in [0, 0.1) is 5.92 Å². The highest BCUT2D eigenvalue weighted by Gasteiger charge is 2.64. The van der Waals surface area contributed by atoms with Crippen LogP contribution in [-0.4, -0.2) is 74.0 Å². The predicted molar refractivity (Wildman–Crippen MR) is 101 cm³/mol. The summed E-state index contributed by atoms with van der Waals surface area (Å²) in [6.07, 6.45) is 4.34. The lowest BCUT2D eigenvalue weighted by atomic mass is 9.79. The molecule has 1 aromatic heterocycles. The van der Waals surface area contributed by atoms with Crippen molar-refractivity contribution in [2.24, 2.45) is 5.92 Å². The molecule has 30 heavy (non-hydrogen) atoms. The Labute approximate surface area is 170 Å². The molecule has 0 aliphatic carbocycles. The van der Waals surface area contributed by atoms with Crippen LogP contribution in [0.1, 0.15) is 12.8 Å². The van der Waals surface area contributed by atoms with Gasteiger partial charge in [0, 0.05) is 30.8 Å². The van der Waals surface area contributed by atoms with Gasteiger partial charge in [0.05, 0.1) is 17.9 Å². The number of likely N-dealkylation sites (tertiary alicyclic amines) is 1. The molecular formula is C20H18N4O6. The van der Waals surface area contributed by atoms with Crippen LogP contribution in [0.15, 0.2) is 47.4 Å². The van der Waals surface area contributed by atoms with Crippen LogP contribution >= 0.6 is 0 Å². The van der Waals surface area contributed by atoms with Crippen molar-refractivity contribution >= 4 is 29.6 Å². The maximum Gasteiger partial charge on any atom is 0.408 e. The minimum Gasteiger partial charge on any atom is -0.477 e. The van der Waals surface area contributed by atoms with E-state index in [0.29, 0.717) is 36.2 Å². The number of allylic oxidation sites excluding steroid dienone is 2. The number of aromatic nitrogens is 1. The lowest BCUT2D eigenvalue weighted by molar-refractivity contribution is -0.156. The second-order valence-electron chi connectivity index (χ2n) is 7.81. The van der Waals surface area contributed by atoms with Gasteiger partial charge in [0.1, 0.15) is 11.7 Å².